The summed E-state index contributed by atoms with van der Waals surface area (Å²) in [5, 5.41) is 3.41. The fourth-order valence-corrected chi connectivity index (χ4v) is 7.30. The summed E-state index contributed by atoms with van der Waals surface area (Å²) in [7, 11) is 4.18. The summed E-state index contributed by atoms with van der Waals surface area (Å²) in [5.74, 6) is 0.308. The predicted octanol–water partition coefficient (Wildman–Crippen LogP) is 11.9. The summed E-state index contributed by atoms with van der Waals surface area (Å²) in [5.41, 5.74) is 0. The van der Waals surface area contributed by atoms with Crippen LogP contribution in [0.1, 0.15) is 213 Å². The molecular formula is C43H83N3O2. The summed E-state index contributed by atoms with van der Waals surface area (Å²) in [6, 6.07) is -0.0376. The van der Waals surface area contributed by atoms with E-state index in [0.29, 0.717) is 13.0 Å². The number of hydrogen-bond donors (Lipinski definition) is 1. The average molecular weight is 674 g/mol. The van der Waals surface area contributed by atoms with Gasteiger partial charge in [-0.2, -0.15) is 0 Å². The minimum Gasteiger partial charge on any atom is -0.352 e. The highest BCUT2D eigenvalue weighted by atomic mass is 16.2. The molecule has 1 unspecified atom stereocenters. The van der Waals surface area contributed by atoms with Crippen molar-refractivity contribution in [1.29, 1.82) is 0 Å². The topological polar surface area (TPSA) is 52.7 Å². The molecular weight excluding hydrogens is 590 g/mol. The SMILES string of the molecule is CCCCCCCC/C=C\CCCCCCCC(=O)N(CCCN(C)C)C(CCCCCCCCCCCC)C(=O)NC1CCCCC1. The molecule has 2 amide bonds. The van der Waals surface area contributed by atoms with Crippen LogP contribution in [0, 0.1) is 0 Å². The molecule has 5 nitrogen and oxygen atoms in total. The Morgan fingerprint density at radius 1 is 0.604 bits per heavy atom. The van der Waals surface area contributed by atoms with Crippen LogP contribution in [0.2, 0.25) is 0 Å². The van der Waals surface area contributed by atoms with E-state index < -0.39 is 0 Å². The van der Waals surface area contributed by atoms with E-state index in [1.54, 1.807) is 0 Å². The van der Waals surface area contributed by atoms with E-state index in [9.17, 15) is 9.59 Å². The van der Waals surface area contributed by atoms with Gasteiger partial charge >= 0.3 is 0 Å². The fourth-order valence-electron chi connectivity index (χ4n) is 7.30. The van der Waals surface area contributed by atoms with E-state index in [1.165, 1.54) is 141 Å². The van der Waals surface area contributed by atoms with Crippen LogP contribution in [0.15, 0.2) is 12.2 Å². The standard InChI is InChI=1S/C43H83N3O2/c1-5-7-9-11-13-15-17-18-19-20-21-23-25-27-32-37-42(47)46(39-33-38-45(3)4)41(43(48)44-40-34-29-28-30-35-40)36-31-26-24-22-16-14-12-10-8-6-2/h18-19,40-41H,5-17,20-39H2,1-4H3,(H,44,48)/b19-18-. The van der Waals surface area contributed by atoms with Gasteiger partial charge in [-0.15, -0.1) is 0 Å². The highest BCUT2D eigenvalue weighted by molar-refractivity contribution is 5.87. The summed E-state index contributed by atoms with van der Waals surface area (Å²) in [6.45, 7) is 6.17. The zero-order valence-corrected chi connectivity index (χ0v) is 32.9. The Kier molecular flexibility index (Phi) is 30.5. The maximum atomic E-state index is 13.8. The smallest absolute Gasteiger partial charge is 0.243 e. The van der Waals surface area contributed by atoms with Crippen molar-refractivity contribution in [2.45, 2.75) is 225 Å². The molecule has 0 aromatic heterocycles. The number of amides is 2. The molecule has 0 spiro atoms. The molecule has 0 bridgehead atoms. The van der Waals surface area contributed by atoms with E-state index in [1.807, 2.05) is 4.90 Å². The van der Waals surface area contributed by atoms with Gasteiger partial charge in [0, 0.05) is 19.0 Å². The number of allylic oxidation sites excluding steroid dienone is 2. The van der Waals surface area contributed by atoms with Crippen LogP contribution >= 0.6 is 0 Å². The van der Waals surface area contributed by atoms with Gasteiger partial charge in [0.1, 0.15) is 6.04 Å². The van der Waals surface area contributed by atoms with E-state index >= 15 is 0 Å². The first-order valence-corrected chi connectivity index (χ1v) is 21.4. The lowest BCUT2D eigenvalue weighted by Crippen LogP contribution is -2.52. The van der Waals surface area contributed by atoms with Gasteiger partial charge in [-0.3, -0.25) is 9.59 Å². The van der Waals surface area contributed by atoms with Crippen molar-refractivity contribution in [3.63, 3.8) is 0 Å². The van der Waals surface area contributed by atoms with Crippen LogP contribution in [-0.2, 0) is 9.59 Å². The zero-order valence-electron chi connectivity index (χ0n) is 32.9. The van der Waals surface area contributed by atoms with Crippen molar-refractivity contribution in [2.75, 3.05) is 27.2 Å². The van der Waals surface area contributed by atoms with Crippen molar-refractivity contribution in [2.24, 2.45) is 0 Å². The predicted molar refractivity (Wildman–Crippen MR) is 210 cm³/mol. The third kappa shape index (κ3) is 25.6. The number of unbranched alkanes of at least 4 members (excludes halogenated alkanes) is 20. The molecule has 48 heavy (non-hydrogen) atoms. The summed E-state index contributed by atoms with van der Waals surface area (Å²) in [6.07, 6.45) is 42.1. The lowest BCUT2D eigenvalue weighted by Gasteiger charge is -2.33. The number of carbonyl (C=O) groups excluding carboxylic acids is 2. The van der Waals surface area contributed by atoms with Crippen LogP contribution in [0.5, 0.6) is 0 Å². The average Bonchev–Trinajstić information content (AvgIpc) is 3.08. The lowest BCUT2D eigenvalue weighted by molar-refractivity contribution is -0.141. The Morgan fingerprint density at radius 3 is 1.60 bits per heavy atom. The van der Waals surface area contributed by atoms with Gasteiger partial charge in [-0.25, -0.2) is 0 Å². The van der Waals surface area contributed by atoms with Crippen LogP contribution < -0.4 is 5.32 Å². The van der Waals surface area contributed by atoms with Gasteiger partial charge in [-0.1, -0.05) is 161 Å². The minimum atomic E-state index is -0.321. The van der Waals surface area contributed by atoms with Crippen molar-refractivity contribution < 1.29 is 9.59 Å². The van der Waals surface area contributed by atoms with Crippen molar-refractivity contribution >= 4 is 11.8 Å². The lowest BCUT2D eigenvalue weighted by atomic mass is 9.94. The molecule has 0 aromatic carbocycles. The third-order valence-corrected chi connectivity index (χ3v) is 10.4. The molecule has 0 aliphatic heterocycles. The Labute approximate surface area is 300 Å². The molecule has 1 atom stereocenters. The summed E-state index contributed by atoms with van der Waals surface area (Å²) < 4.78 is 0. The Morgan fingerprint density at radius 2 is 1.08 bits per heavy atom. The maximum Gasteiger partial charge on any atom is 0.243 e. The minimum absolute atomic E-state index is 0.112. The molecule has 5 heteroatoms. The number of nitrogens with one attached hydrogen (secondary N) is 1. The van der Waals surface area contributed by atoms with Crippen LogP contribution in [0.25, 0.3) is 0 Å². The van der Waals surface area contributed by atoms with Gasteiger partial charge in [0.05, 0.1) is 0 Å². The normalized spacial score (nSPS) is 14.6. The first-order chi connectivity index (χ1) is 23.5. The quantitative estimate of drug-likeness (QED) is 0.0557. The van der Waals surface area contributed by atoms with E-state index in [-0.39, 0.29) is 23.9 Å². The van der Waals surface area contributed by atoms with Crippen molar-refractivity contribution in [3.8, 4) is 0 Å². The highest BCUT2D eigenvalue weighted by Crippen LogP contribution is 2.21. The maximum absolute atomic E-state index is 13.8. The number of carbonyl (C=O) groups is 2. The molecule has 1 saturated carbocycles. The third-order valence-electron chi connectivity index (χ3n) is 10.4. The second kappa shape index (κ2) is 32.8. The molecule has 1 N–H and O–H groups in total. The zero-order chi connectivity index (χ0) is 34.9. The second-order valence-electron chi connectivity index (χ2n) is 15.4. The largest absolute Gasteiger partial charge is 0.352 e. The monoisotopic (exact) mass is 674 g/mol. The molecule has 0 saturated heterocycles. The van der Waals surface area contributed by atoms with Gasteiger partial charge in [0.25, 0.3) is 0 Å². The fraction of sp³-hybridized carbons (Fsp3) is 0.907. The van der Waals surface area contributed by atoms with Gasteiger partial charge in [0.2, 0.25) is 11.8 Å². The second-order valence-corrected chi connectivity index (χ2v) is 15.4. The van der Waals surface area contributed by atoms with Crippen molar-refractivity contribution in [1.82, 2.24) is 15.1 Å². The van der Waals surface area contributed by atoms with Crippen LogP contribution in [-0.4, -0.2) is 60.9 Å². The van der Waals surface area contributed by atoms with E-state index in [0.717, 1.165) is 57.9 Å². The Balaban J connectivity index is 2.55. The molecule has 0 aromatic rings. The van der Waals surface area contributed by atoms with Gasteiger partial charge < -0.3 is 15.1 Å². The molecule has 1 rings (SSSR count). The molecule has 1 aliphatic rings. The van der Waals surface area contributed by atoms with E-state index in [2.05, 4.69) is 50.3 Å². The number of nitrogens with zero attached hydrogens (tertiary/aromatic N) is 2. The number of rotatable bonds is 33. The summed E-state index contributed by atoms with van der Waals surface area (Å²) >= 11 is 0. The van der Waals surface area contributed by atoms with Crippen LogP contribution in [0.4, 0.5) is 0 Å². The molecule has 1 aliphatic carbocycles. The Bertz CT molecular complexity index is 761. The molecule has 0 heterocycles. The summed E-state index contributed by atoms with van der Waals surface area (Å²) in [4.78, 5) is 31.8. The van der Waals surface area contributed by atoms with Crippen LogP contribution in [0.3, 0.4) is 0 Å². The number of hydrogen-bond acceptors (Lipinski definition) is 3. The molecule has 282 valence electrons. The molecule has 1 fully saturated rings. The Hall–Kier alpha value is -1.36. The van der Waals surface area contributed by atoms with Gasteiger partial charge in [-0.05, 0) is 78.4 Å². The van der Waals surface area contributed by atoms with Crippen molar-refractivity contribution in [3.05, 3.63) is 12.2 Å². The highest BCUT2D eigenvalue weighted by Gasteiger charge is 2.30. The van der Waals surface area contributed by atoms with Gasteiger partial charge in [0.15, 0.2) is 0 Å². The first-order valence-electron chi connectivity index (χ1n) is 21.4. The molecule has 0 radical (unpaired) electrons. The van der Waals surface area contributed by atoms with E-state index in [4.69, 9.17) is 0 Å². The first kappa shape index (κ1) is 44.7.